The molecule has 0 aliphatic carbocycles. The first-order valence-corrected chi connectivity index (χ1v) is 13.3. The summed E-state index contributed by atoms with van der Waals surface area (Å²) in [6.45, 7) is 7.31. The smallest absolute Gasteiger partial charge is 0.338 e. The lowest BCUT2D eigenvalue weighted by atomic mass is 10.2. The van der Waals surface area contributed by atoms with Crippen LogP contribution < -0.4 is 5.32 Å². The van der Waals surface area contributed by atoms with E-state index in [1.807, 2.05) is 18.4 Å². The molecular formula is C25H30N4O3S2. The zero-order valence-electron chi connectivity index (χ0n) is 19.7. The maximum atomic E-state index is 12.4. The molecule has 0 saturated heterocycles. The van der Waals surface area contributed by atoms with Gasteiger partial charge in [-0.05, 0) is 56.7 Å². The van der Waals surface area contributed by atoms with E-state index in [0.717, 1.165) is 30.4 Å². The Labute approximate surface area is 209 Å². The first-order valence-electron chi connectivity index (χ1n) is 11.3. The number of amides is 1. The molecule has 2 aromatic carbocycles. The van der Waals surface area contributed by atoms with Crippen LogP contribution in [0.4, 0.5) is 5.69 Å². The molecule has 3 aromatic rings. The fourth-order valence-corrected chi connectivity index (χ4v) is 4.70. The summed E-state index contributed by atoms with van der Waals surface area (Å²) < 4.78 is 7.24. The van der Waals surface area contributed by atoms with E-state index in [2.05, 4.69) is 46.7 Å². The number of benzene rings is 2. The summed E-state index contributed by atoms with van der Waals surface area (Å²) in [6.07, 6.45) is 1.81. The average Bonchev–Trinajstić information content (AvgIpc) is 3.24. The third-order valence-corrected chi connectivity index (χ3v) is 6.94. The van der Waals surface area contributed by atoms with E-state index >= 15 is 0 Å². The Morgan fingerprint density at radius 1 is 1.00 bits per heavy atom. The molecule has 9 heteroatoms. The molecule has 0 saturated carbocycles. The number of esters is 1. The van der Waals surface area contributed by atoms with Crippen molar-refractivity contribution in [3.05, 3.63) is 65.5 Å². The van der Waals surface area contributed by atoms with E-state index in [1.54, 1.807) is 36.0 Å². The summed E-state index contributed by atoms with van der Waals surface area (Å²) in [4.78, 5) is 25.6. The summed E-state index contributed by atoms with van der Waals surface area (Å²) in [6, 6.07) is 15.1. The molecule has 0 spiro atoms. The first-order chi connectivity index (χ1) is 16.5. The number of nitrogens with one attached hydrogen (secondary N) is 1. The number of carbonyl (C=O) groups is 2. The molecule has 1 heterocycles. The largest absolute Gasteiger partial charge is 0.462 e. The van der Waals surface area contributed by atoms with E-state index in [1.165, 1.54) is 22.2 Å². The fraction of sp³-hybridized carbons (Fsp3) is 0.360. The van der Waals surface area contributed by atoms with Crippen LogP contribution in [0, 0.1) is 6.92 Å². The van der Waals surface area contributed by atoms with Crippen LogP contribution in [0.5, 0.6) is 0 Å². The number of thioether (sulfide) groups is 2. The molecule has 0 unspecified atom stereocenters. The van der Waals surface area contributed by atoms with E-state index in [-0.39, 0.29) is 17.6 Å². The normalized spacial score (nSPS) is 10.8. The highest BCUT2D eigenvalue weighted by Gasteiger charge is 2.14. The van der Waals surface area contributed by atoms with Crippen molar-refractivity contribution in [1.82, 2.24) is 14.8 Å². The van der Waals surface area contributed by atoms with Gasteiger partial charge in [0.05, 0.1) is 23.7 Å². The summed E-state index contributed by atoms with van der Waals surface area (Å²) in [7, 11) is 0. The second-order valence-electron chi connectivity index (χ2n) is 7.65. The molecule has 0 fully saturated rings. The Bertz CT molecular complexity index is 1080. The Morgan fingerprint density at radius 2 is 1.74 bits per heavy atom. The molecule has 1 amide bonds. The van der Waals surface area contributed by atoms with Gasteiger partial charge in [-0.15, -0.1) is 22.0 Å². The van der Waals surface area contributed by atoms with Gasteiger partial charge >= 0.3 is 5.97 Å². The summed E-state index contributed by atoms with van der Waals surface area (Å²) in [5.74, 6) is 1.31. The van der Waals surface area contributed by atoms with Crippen LogP contribution in [-0.4, -0.2) is 39.0 Å². The Balaban J connectivity index is 1.49. The predicted molar refractivity (Wildman–Crippen MR) is 137 cm³/mol. The Kier molecular flexibility index (Phi) is 10.0. The number of hydrogen-bond donors (Lipinski definition) is 1. The van der Waals surface area contributed by atoms with Crippen molar-refractivity contribution >= 4 is 41.1 Å². The third-order valence-electron chi connectivity index (χ3n) is 4.97. The van der Waals surface area contributed by atoms with Gasteiger partial charge in [-0.1, -0.05) is 42.8 Å². The standard InChI is InChI=1S/C25H30N4O3S2/c1-4-6-15-32-24(31)19-9-11-20(12-10-19)26-23(30)17-34-25-28-27-22(29(25)5-2)16-33-21-13-7-18(3)8-14-21/h7-14H,4-6,15-17H2,1-3H3,(H,26,30). The summed E-state index contributed by atoms with van der Waals surface area (Å²) >= 11 is 3.07. The number of rotatable bonds is 12. The highest BCUT2D eigenvalue weighted by atomic mass is 32.2. The quantitative estimate of drug-likeness (QED) is 0.198. The molecule has 0 radical (unpaired) electrons. The van der Waals surface area contributed by atoms with Gasteiger partial charge in [0, 0.05) is 17.1 Å². The molecule has 1 aromatic heterocycles. The van der Waals surface area contributed by atoms with Gasteiger partial charge in [-0.3, -0.25) is 4.79 Å². The van der Waals surface area contributed by atoms with Crippen LogP contribution in [0.2, 0.25) is 0 Å². The lowest BCUT2D eigenvalue weighted by molar-refractivity contribution is -0.113. The minimum Gasteiger partial charge on any atom is -0.462 e. The first kappa shape index (κ1) is 25.8. The number of aromatic nitrogens is 3. The lowest BCUT2D eigenvalue weighted by Gasteiger charge is -2.08. The molecule has 0 bridgehead atoms. The summed E-state index contributed by atoms with van der Waals surface area (Å²) in [5.41, 5.74) is 2.33. The number of ether oxygens (including phenoxy) is 1. The molecule has 0 aliphatic rings. The van der Waals surface area contributed by atoms with Crippen LogP contribution in [-0.2, 0) is 21.8 Å². The topological polar surface area (TPSA) is 86.1 Å². The minimum absolute atomic E-state index is 0.149. The van der Waals surface area contributed by atoms with Crippen molar-refractivity contribution in [3.63, 3.8) is 0 Å². The molecule has 1 N–H and O–H groups in total. The molecule has 3 rings (SSSR count). The molecule has 0 atom stereocenters. The van der Waals surface area contributed by atoms with Crippen molar-refractivity contribution in [2.45, 2.75) is 56.0 Å². The maximum Gasteiger partial charge on any atom is 0.338 e. The number of anilines is 1. The van der Waals surface area contributed by atoms with Crippen LogP contribution in [0.15, 0.2) is 58.6 Å². The Morgan fingerprint density at radius 3 is 2.41 bits per heavy atom. The van der Waals surface area contributed by atoms with E-state index in [0.29, 0.717) is 23.6 Å². The van der Waals surface area contributed by atoms with Gasteiger partial charge in [0.1, 0.15) is 5.82 Å². The number of unbranched alkanes of at least 4 members (excludes halogenated alkanes) is 1. The predicted octanol–water partition coefficient (Wildman–Crippen LogP) is 5.59. The zero-order chi connectivity index (χ0) is 24.3. The van der Waals surface area contributed by atoms with Crippen molar-refractivity contribution < 1.29 is 14.3 Å². The minimum atomic E-state index is -0.350. The van der Waals surface area contributed by atoms with Crippen LogP contribution in [0.1, 0.15) is 48.4 Å². The fourth-order valence-electron chi connectivity index (χ4n) is 3.04. The number of carbonyl (C=O) groups excluding carboxylic acids is 2. The molecule has 180 valence electrons. The Hall–Kier alpha value is -2.78. The second-order valence-corrected chi connectivity index (χ2v) is 9.64. The highest BCUT2D eigenvalue weighted by molar-refractivity contribution is 7.99. The van der Waals surface area contributed by atoms with Crippen molar-refractivity contribution in [3.8, 4) is 0 Å². The van der Waals surface area contributed by atoms with Crippen LogP contribution >= 0.6 is 23.5 Å². The van der Waals surface area contributed by atoms with E-state index in [4.69, 9.17) is 4.74 Å². The van der Waals surface area contributed by atoms with Gasteiger partial charge in [-0.2, -0.15) is 0 Å². The molecule has 0 aliphatic heterocycles. The second kappa shape index (κ2) is 13.2. The molecule has 34 heavy (non-hydrogen) atoms. The van der Waals surface area contributed by atoms with Crippen molar-refractivity contribution in [1.29, 1.82) is 0 Å². The average molecular weight is 499 g/mol. The van der Waals surface area contributed by atoms with Crippen molar-refractivity contribution in [2.75, 3.05) is 17.7 Å². The number of hydrogen-bond acceptors (Lipinski definition) is 7. The SMILES string of the molecule is CCCCOC(=O)c1ccc(NC(=O)CSc2nnc(CSc3ccc(C)cc3)n2CC)cc1. The zero-order valence-corrected chi connectivity index (χ0v) is 21.4. The highest BCUT2D eigenvalue weighted by Crippen LogP contribution is 2.25. The van der Waals surface area contributed by atoms with Gasteiger partial charge in [-0.25, -0.2) is 4.79 Å². The van der Waals surface area contributed by atoms with Crippen LogP contribution in [0.25, 0.3) is 0 Å². The molecule has 7 nitrogen and oxygen atoms in total. The van der Waals surface area contributed by atoms with Gasteiger partial charge < -0.3 is 14.6 Å². The number of nitrogens with zero attached hydrogens (tertiary/aromatic N) is 3. The van der Waals surface area contributed by atoms with Gasteiger partial charge in [0.2, 0.25) is 5.91 Å². The van der Waals surface area contributed by atoms with Crippen molar-refractivity contribution in [2.24, 2.45) is 0 Å². The maximum absolute atomic E-state index is 12.4. The van der Waals surface area contributed by atoms with Gasteiger partial charge in [0.25, 0.3) is 0 Å². The van der Waals surface area contributed by atoms with Gasteiger partial charge in [0.15, 0.2) is 5.16 Å². The summed E-state index contributed by atoms with van der Waals surface area (Å²) in [5, 5.41) is 12.2. The monoisotopic (exact) mass is 498 g/mol. The third kappa shape index (κ3) is 7.63. The molecular weight excluding hydrogens is 468 g/mol. The number of aryl methyl sites for hydroxylation is 1. The lowest BCUT2D eigenvalue weighted by Crippen LogP contribution is -2.15. The van der Waals surface area contributed by atoms with E-state index < -0.39 is 0 Å². The van der Waals surface area contributed by atoms with Crippen LogP contribution in [0.3, 0.4) is 0 Å². The van der Waals surface area contributed by atoms with E-state index in [9.17, 15) is 9.59 Å².